The lowest BCUT2D eigenvalue weighted by atomic mass is 9.92. The standard InChI is InChI=1S/C34H35FN4O7/c1-45-30(41)18-21-9-7-12-23(17-21)37-34(44)36-20-29(40)39-28(32(42)38-16-8-11-22-10-3-6-15-27(22)38)19-25(33(43)46-2)31(39)24-13-4-5-14-26(24)35/h3-7,9-10,12-15,17,25,28,31H,8,11,16,18-20H2,1-2H3,(H2,36,37,44). The molecule has 0 aliphatic carbocycles. The number of nitrogens with zero attached hydrogens (tertiary/aromatic N) is 2. The van der Waals surface area contributed by atoms with Gasteiger partial charge in [0, 0.05) is 23.5 Å². The Morgan fingerprint density at radius 3 is 2.46 bits per heavy atom. The molecule has 4 amide bonds. The van der Waals surface area contributed by atoms with Crippen LogP contribution in [0.2, 0.25) is 0 Å². The molecular formula is C34H35FN4O7. The zero-order valence-corrected chi connectivity index (χ0v) is 25.5. The summed E-state index contributed by atoms with van der Waals surface area (Å²) in [6.45, 7) is -0.135. The van der Waals surface area contributed by atoms with Crippen molar-refractivity contribution >= 4 is 41.2 Å². The van der Waals surface area contributed by atoms with Gasteiger partial charge in [-0.25, -0.2) is 9.18 Å². The number of para-hydroxylation sites is 1. The van der Waals surface area contributed by atoms with Gasteiger partial charge in [0.1, 0.15) is 11.9 Å². The number of hydrogen-bond donors (Lipinski definition) is 2. The average Bonchev–Trinajstić information content (AvgIpc) is 3.47. The number of carbonyl (C=O) groups excluding carboxylic acids is 5. The topological polar surface area (TPSA) is 134 Å². The smallest absolute Gasteiger partial charge is 0.319 e. The average molecular weight is 631 g/mol. The van der Waals surface area contributed by atoms with Gasteiger partial charge >= 0.3 is 18.0 Å². The van der Waals surface area contributed by atoms with Gasteiger partial charge in [0.15, 0.2) is 0 Å². The van der Waals surface area contributed by atoms with Gasteiger partial charge in [-0.2, -0.15) is 0 Å². The summed E-state index contributed by atoms with van der Waals surface area (Å²) >= 11 is 0. The Balaban J connectivity index is 1.42. The second-order valence-corrected chi connectivity index (χ2v) is 11.1. The third-order valence-corrected chi connectivity index (χ3v) is 8.33. The molecule has 2 aliphatic heterocycles. The summed E-state index contributed by atoms with van der Waals surface area (Å²) in [5.74, 6) is -3.89. The number of urea groups is 1. The molecule has 12 heteroatoms. The van der Waals surface area contributed by atoms with Gasteiger partial charge in [-0.3, -0.25) is 19.2 Å². The third kappa shape index (κ3) is 6.85. The maximum absolute atomic E-state index is 15.3. The van der Waals surface area contributed by atoms with E-state index in [1.807, 2.05) is 24.3 Å². The highest BCUT2D eigenvalue weighted by Gasteiger charge is 2.52. The molecule has 1 saturated heterocycles. The van der Waals surface area contributed by atoms with E-state index in [9.17, 15) is 24.0 Å². The highest BCUT2D eigenvalue weighted by atomic mass is 19.1. The lowest BCUT2D eigenvalue weighted by molar-refractivity contribution is -0.147. The summed E-state index contributed by atoms with van der Waals surface area (Å²) in [5, 5.41) is 5.13. The van der Waals surface area contributed by atoms with Crippen molar-refractivity contribution in [3.8, 4) is 0 Å². The molecule has 0 aromatic heterocycles. The Labute approximate surface area is 265 Å². The largest absolute Gasteiger partial charge is 0.469 e. The number of fused-ring (bicyclic) bond motifs is 1. The van der Waals surface area contributed by atoms with Gasteiger partial charge in [-0.15, -0.1) is 0 Å². The minimum Gasteiger partial charge on any atom is -0.469 e. The van der Waals surface area contributed by atoms with E-state index in [2.05, 4.69) is 15.4 Å². The molecule has 2 aliphatic rings. The number of aryl methyl sites for hydroxylation is 1. The number of benzene rings is 3. The summed E-state index contributed by atoms with van der Waals surface area (Å²) in [4.78, 5) is 68.7. The van der Waals surface area contributed by atoms with Crippen molar-refractivity contribution in [1.29, 1.82) is 0 Å². The number of amides is 4. The number of hydrogen-bond acceptors (Lipinski definition) is 7. The lowest BCUT2D eigenvalue weighted by Gasteiger charge is -2.36. The van der Waals surface area contributed by atoms with Crippen LogP contribution in [0.3, 0.4) is 0 Å². The number of ether oxygens (including phenoxy) is 2. The van der Waals surface area contributed by atoms with Crippen molar-refractivity contribution in [2.45, 2.75) is 37.8 Å². The number of likely N-dealkylation sites (tertiary alicyclic amines) is 1. The molecular weight excluding hydrogens is 595 g/mol. The van der Waals surface area contributed by atoms with Gasteiger partial charge < -0.3 is 29.9 Å². The van der Waals surface area contributed by atoms with Crippen molar-refractivity contribution in [3.63, 3.8) is 0 Å². The maximum Gasteiger partial charge on any atom is 0.319 e. The Morgan fingerprint density at radius 1 is 0.935 bits per heavy atom. The molecule has 3 unspecified atom stereocenters. The Hall–Kier alpha value is -5.26. The summed E-state index contributed by atoms with van der Waals surface area (Å²) in [6, 6.07) is 16.8. The van der Waals surface area contributed by atoms with Crippen LogP contribution < -0.4 is 15.5 Å². The van der Waals surface area contributed by atoms with E-state index < -0.39 is 60.1 Å². The van der Waals surface area contributed by atoms with Gasteiger partial charge in [-0.05, 0) is 54.7 Å². The van der Waals surface area contributed by atoms with Crippen molar-refractivity contribution in [1.82, 2.24) is 10.2 Å². The zero-order valence-electron chi connectivity index (χ0n) is 25.5. The van der Waals surface area contributed by atoms with Crippen LogP contribution in [0.5, 0.6) is 0 Å². The Morgan fingerprint density at radius 2 is 1.70 bits per heavy atom. The first kappa shape index (κ1) is 32.1. The van der Waals surface area contributed by atoms with Crippen LogP contribution in [0.15, 0.2) is 72.8 Å². The number of anilines is 2. The third-order valence-electron chi connectivity index (χ3n) is 8.33. The minimum absolute atomic E-state index is 0.0107. The zero-order chi connectivity index (χ0) is 32.8. The predicted molar refractivity (Wildman–Crippen MR) is 166 cm³/mol. The first-order chi connectivity index (χ1) is 22.2. The van der Waals surface area contributed by atoms with Gasteiger partial charge in [0.05, 0.1) is 39.1 Å². The van der Waals surface area contributed by atoms with Crippen LogP contribution in [-0.2, 0) is 41.5 Å². The van der Waals surface area contributed by atoms with E-state index >= 15 is 4.39 Å². The van der Waals surface area contributed by atoms with Crippen LogP contribution in [0.4, 0.5) is 20.6 Å². The molecule has 1 fully saturated rings. The Kier molecular flexibility index (Phi) is 9.94. The number of rotatable bonds is 8. The number of methoxy groups -OCH3 is 2. The second-order valence-electron chi connectivity index (χ2n) is 11.1. The number of carbonyl (C=O) groups is 5. The molecule has 3 atom stereocenters. The minimum atomic E-state index is -1.16. The number of halogens is 1. The van der Waals surface area contributed by atoms with Gasteiger partial charge in [0.2, 0.25) is 11.8 Å². The molecule has 2 N–H and O–H groups in total. The van der Waals surface area contributed by atoms with E-state index in [1.54, 1.807) is 35.2 Å². The molecule has 0 radical (unpaired) electrons. The first-order valence-electron chi connectivity index (χ1n) is 14.9. The number of esters is 2. The molecule has 3 aromatic rings. The van der Waals surface area contributed by atoms with Crippen LogP contribution in [-0.4, -0.2) is 68.0 Å². The monoisotopic (exact) mass is 630 g/mol. The second kappa shape index (κ2) is 14.2. The molecule has 3 aromatic carbocycles. The lowest BCUT2D eigenvalue weighted by Crippen LogP contribution is -2.52. The van der Waals surface area contributed by atoms with Crippen LogP contribution in [0, 0.1) is 11.7 Å². The molecule has 5 rings (SSSR count). The van der Waals surface area contributed by atoms with E-state index in [1.165, 1.54) is 37.3 Å². The molecule has 46 heavy (non-hydrogen) atoms. The molecule has 240 valence electrons. The molecule has 0 saturated carbocycles. The van der Waals surface area contributed by atoms with Crippen LogP contribution >= 0.6 is 0 Å². The molecule has 2 heterocycles. The van der Waals surface area contributed by atoms with E-state index in [4.69, 9.17) is 4.74 Å². The summed E-state index contributed by atoms with van der Waals surface area (Å²) in [5.41, 5.74) is 2.76. The fraction of sp³-hybridized carbons (Fsp3) is 0.324. The van der Waals surface area contributed by atoms with Crippen molar-refractivity contribution < 1.29 is 37.8 Å². The van der Waals surface area contributed by atoms with Crippen LogP contribution in [0.25, 0.3) is 0 Å². The first-order valence-corrected chi connectivity index (χ1v) is 14.9. The maximum atomic E-state index is 15.3. The van der Waals surface area contributed by atoms with Crippen molar-refractivity contribution in [3.05, 3.63) is 95.3 Å². The normalized spacial score (nSPS) is 18.7. The van der Waals surface area contributed by atoms with E-state index in [0.717, 1.165) is 17.7 Å². The van der Waals surface area contributed by atoms with Crippen molar-refractivity contribution in [2.24, 2.45) is 5.92 Å². The van der Waals surface area contributed by atoms with E-state index in [0.29, 0.717) is 24.2 Å². The SMILES string of the molecule is COC(=O)Cc1cccc(NC(=O)NCC(=O)N2C(C(=O)N3CCCc4ccccc43)CC(C(=O)OC)C2c2ccccc2F)c1. The Bertz CT molecular complexity index is 1650. The van der Waals surface area contributed by atoms with Crippen molar-refractivity contribution in [2.75, 3.05) is 37.5 Å². The fourth-order valence-electron chi connectivity index (χ4n) is 6.24. The summed E-state index contributed by atoms with van der Waals surface area (Å²) in [7, 11) is 2.48. The van der Waals surface area contributed by atoms with E-state index in [-0.39, 0.29) is 18.4 Å². The fourth-order valence-corrected chi connectivity index (χ4v) is 6.24. The van der Waals surface area contributed by atoms with Crippen LogP contribution in [0.1, 0.15) is 35.6 Å². The highest BCUT2D eigenvalue weighted by Crippen LogP contribution is 2.44. The predicted octanol–water partition coefficient (Wildman–Crippen LogP) is 3.77. The summed E-state index contributed by atoms with van der Waals surface area (Å²) in [6.07, 6.45) is 1.43. The molecule has 11 nitrogen and oxygen atoms in total. The van der Waals surface area contributed by atoms with Gasteiger partial charge in [-0.1, -0.05) is 48.5 Å². The van der Waals surface area contributed by atoms with Gasteiger partial charge in [0.25, 0.3) is 0 Å². The molecule has 0 bridgehead atoms. The molecule has 0 spiro atoms. The quantitative estimate of drug-likeness (QED) is 0.362. The number of nitrogens with one attached hydrogen (secondary N) is 2. The summed E-state index contributed by atoms with van der Waals surface area (Å²) < 4.78 is 25.0. The highest BCUT2D eigenvalue weighted by molar-refractivity contribution is 6.02.